The zero-order valence-electron chi connectivity index (χ0n) is 10.0. The molecule has 0 aromatic heterocycles. The van der Waals surface area contributed by atoms with Crippen LogP contribution in [0.15, 0.2) is 18.2 Å². The standard InChI is InChI=1S/C14H19ClN2/c15-11-4-5-13-10(8-11)3-6-14(13)17-7-1-2-12(17)9-16/h4-5,8,12,14H,1-3,6-7,9,16H2. The summed E-state index contributed by atoms with van der Waals surface area (Å²) >= 11 is 6.05. The van der Waals surface area contributed by atoms with E-state index >= 15 is 0 Å². The van der Waals surface area contributed by atoms with Crippen LogP contribution in [0.3, 0.4) is 0 Å². The van der Waals surface area contributed by atoms with E-state index in [0.717, 1.165) is 18.0 Å². The van der Waals surface area contributed by atoms with Gasteiger partial charge in [-0.3, -0.25) is 4.90 Å². The van der Waals surface area contributed by atoms with Crippen molar-refractivity contribution in [1.29, 1.82) is 0 Å². The number of nitrogens with zero attached hydrogens (tertiary/aromatic N) is 1. The molecule has 1 aromatic carbocycles. The lowest BCUT2D eigenvalue weighted by molar-refractivity contribution is 0.183. The van der Waals surface area contributed by atoms with Gasteiger partial charge in [-0.1, -0.05) is 17.7 Å². The van der Waals surface area contributed by atoms with E-state index < -0.39 is 0 Å². The molecule has 0 bridgehead atoms. The fourth-order valence-corrected chi connectivity index (χ4v) is 3.62. The lowest BCUT2D eigenvalue weighted by Gasteiger charge is -2.30. The Morgan fingerprint density at radius 1 is 1.35 bits per heavy atom. The Morgan fingerprint density at radius 2 is 2.24 bits per heavy atom. The average Bonchev–Trinajstić information content (AvgIpc) is 2.92. The summed E-state index contributed by atoms with van der Waals surface area (Å²) in [6.07, 6.45) is 4.94. The molecule has 3 rings (SSSR count). The molecule has 2 atom stereocenters. The SMILES string of the molecule is NCC1CCCN1C1CCc2cc(Cl)ccc21. The van der Waals surface area contributed by atoms with E-state index in [2.05, 4.69) is 17.0 Å². The Hall–Kier alpha value is -0.570. The van der Waals surface area contributed by atoms with Gasteiger partial charge in [-0.2, -0.15) is 0 Å². The van der Waals surface area contributed by atoms with Gasteiger partial charge in [0.25, 0.3) is 0 Å². The first-order chi connectivity index (χ1) is 8.29. The van der Waals surface area contributed by atoms with Crippen molar-refractivity contribution >= 4 is 11.6 Å². The highest BCUT2D eigenvalue weighted by atomic mass is 35.5. The monoisotopic (exact) mass is 250 g/mol. The quantitative estimate of drug-likeness (QED) is 0.875. The van der Waals surface area contributed by atoms with Gasteiger partial charge in [-0.05, 0) is 55.5 Å². The maximum atomic E-state index is 6.05. The first-order valence-corrected chi connectivity index (χ1v) is 6.91. The molecule has 0 saturated carbocycles. The molecule has 2 nitrogen and oxygen atoms in total. The Labute approximate surface area is 108 Å². The van der Waals surface area contributed by atoms with Gasteiger partial charge in [0.05, 0.1) is 0 Å². The van der Waals surface area contributed by atoms with Crippen molar-refractivity contribution in [3.05, 3.63) is 34.3 Å². The molecule has 1 fully saturated rings. The first kappa shape index (κ1) is 11.5. The number of hydrogen-bond donors (Lipinski definition) is 1. The van der Waals surface area contributed by atoms with Gasteiger partial charge >= 0.3 is 0 Å². The molecule has 3 heteroatoms. The van der Waals surface area contributed by atoms with Crippen molar-refractivity contribution in [2.45, 2.75) is 37.8 Å². The van der Waals surface area contributed by atoms with Gasteiger partial charge in [0, 0.05) is 23.7 Å². The van der Waals surface area contributed by atoms with Gasteiger partial charge in [0.1, 0.15) is 0 Å². The van der Waals surface area contributed by atoms with Crippen LogP contribution in [-0.2, 0) is 6.42 Å². The average molecular weight is 251 g/mol. The van der Waals surface area contributed by atoms with Crippen LogP contribution in [0, 0.1) is 0 Å². The number of rotatable bonds is 2. The van der Waals surface area contributed by atoms with E-state index in [4.69, 9.17) is 17.3 Å². The summed E-state index contributed by atoms with van der Waals surface area (Å²) < 4.78 is 0. The third-order valence-electron chi connectivity index (χ3n) is 4.25. The molecular weight excluding hydrogens is 232 g/mol. The van der Waals surface area contributed by atoms with E-state index in [0.29, 0.717) is 12.1 Å². The topological polar surface area (TPSA) is 29.3 Å². The van der Waals surface area contributed by atoms with Crippen LogP contribution in [0.5, 0.6) is 0 Å². The van der Waals surface area contributed by atoms with Gasteiger partial charge < -0.3 is 5.73 Å². The van der Waals surface area contributed by atoms with Gasteiger partial charge in [0.15, 0.2) is 0 Å². The third-order valence-corrected chi connectivity index (χ3v) is 4.48. The number of hydrogen-bond acceptors (Lipinski definition) is 2. The summed E-state index contributed by atoms with van der Waals surface area (Å²) in [5.74, 6) is 0. The molecule has 0 radical (unpaired) electrons. The molecule has 1 aliphatic heterocycles. The van der Waals surface area contributed by atoms with Crippen LogP contribution >= 0.6 is 11.6 Å². The molecule has 17 heavy (non-hydrogen) atoms. The number of likely N-dealkylation sites (tertiary alicyclic amines) is 1. The van der Waals surface area contributed by atoms with Crippen LogP contribution in [-0.4, -0.2) is 24.0 Å². The summed E-state index contributed by atoms with van der Waals surface area (Å²) in [6, 6.07) is 7.53. The van der Waals surface area contributed by atoms with Gasteiger partial charge in [0.2, 0.25) is 0 Å². The Morgan fingerprint density at radius 3 is 3.06 bits per heavy atom. The van der Waals surface area contributed by atoms with Crippen molar-refractivity contribution in [2.75, 3.05) is 13.1 Å². The Kier molecular flexibility index (Phi) is 3.12. The zero-order valence-corrected chi connectivity index (χ0v) is 10.8. The minimum atomic E-state index is 0.582. The lowest BCUT2D eigenvalue weighted by atomic mass is 10.1. The second-order valence-electron chi connectivity index (χ2n) is 5.17. The van der Waals surface area contributed by atoms with Crippen LogP contribution in [0.4, 0.5) is 0 Å². The highest BCUT2D eigenvalue weighted by molar-refractivity contribution is 6.30. The molecule has 1 heterocycles. The summed E-state index contributed by atoms with van der Waals surface area (Å²) in [5, 5.41) is 0.862. The summed E-state index contributed by atoms with van der Waals surface area (Å²) in [4.78, 5) is 2.61. The predicted molar refractivity (Wildman–Crippen MR) is 71.3 cm³/mol. The van der Waals surface area contributed by atoms with Crippen molar-refractivity contribution in [3.63, 3.8) is 0 Å². The molecular formula is C14H19ClN2. The van der Waals surface area contributed by atoms with Crippen LogP contribution in [0.1, 0.15) is 36.4 Å². The second-order valence-corrected chi connectivity index (χ2v) is 5.60. The number of benzene rings is 1. The molecule has 2 aliphatic rings. The molecule has 2 unspecified atom stereocenters. The summed E-state index contributed by atoms with van der Waals surface area (Å²) in [7, 11) is 0. The highest BCUT2D eigenvalue weighted by Crippen LogP contribution is 2.40. The van der Waals surface area contributed by atoms with Gasteiger partial charge in [-0.25, -0.2) is 0 Å². The number of fused-ring (bicyclic) bond motifs is 1. The first-order valence-electron chi connectivity index (χ1n) is 6.53. The van der Waals surface area contributed by atoms with E-state index in [-0.39, 0.29) is 0 Å². The van der Waals surface area contributed by atoms with Crippen LogP contribution in [0.25, 0.3) is 0 Å². The minimum absolute atomic E-state index is 0.582. The van der Waals surface area contributed by atoms with Crippen LogP contribution < -0.4 is 5.73 Å². The van der Waals surface area contributed by atoms with Crippen molar-refractivity contribution in [1.82, 2.24) is 4.90 Å². The zero-order chi connectivity index (χ0) is 11.8. The molecule has 0 spiro atoms. The fourth-order valence-electron chi connectivity index (χ4n) is 3.43. The molecule has 1 aromatic rings. The maximum absolute atomic E-state index is 6.05. The normalized spacial score (nSPS) is 28.6. The molecule has 0 amide bonds. The largest absolute Gasteiger partial charge is 0.329 e. The summed E-state index contributed by atoms with van der Waals surface area (Å²) in [6.45, 7) is 1.99. The van der Waals surface area contributed by atoms with Gasteiger partial charge in [-0.15, -0.1) is 0 Å². The third kappa shape index (κ3) is 1.99. The van der Waals surface area contributed by atoms with Crippen molar-refractivity contribution < 1.29 is 0 Å². The lowest BCUT2D eigenvalue weighted by Crippen LogP contribution is -2.37. The highest BCUT2D eigenvalue weighted by Gasteiger charge is 2.34. The van der Waals surface area contributed by atoms with Crippen molar-refractivity contribution in [3.8, 4) is 0 Å². The predicted octanol–water partition coefficient (Wildman–Crippen LogP) is 2.75. The number of nitrogens with two attached hydrogens (primary N) is 1. The number of halogens is 1. The van der Waals surface area contributed by atoms with Crippen molar-refractivity contribution in [2.24, 2.45) is 5.73 Å². The Bertz CT molecular complexity index is 419. The van der Waals surface area contributed by atoms with Crippen LogP contribution in [0.2, 0.25) is 5.02 Å². The smallest absolute Gasteiger partial charge is 0.0408 e. The van der Waals surface area contributed by atoms with E-state index in [1.807, 2.05) is 6.07 Å². The van der Waals surface area contributed by atoms with E-state index in [1.54, 1.807) is 0 Å². The summed E-state index contributed by atoms with van der Waals surface area (Å²) in [5.41, 5.74) is 8.79. The molecule has 2 N–H and O–H groups in total. The molecule has 92 valence electrons. The second kappa shape index (κ2) is 4.60. The Balaban J connectivity index is 1.88. The van der Waals surface area contributed by atoms with E-state index in [9.17, 15) is 0 Å². The van der Waals surface area contributed by atoms with E-state index in [1.165, 1.54) is 36.9 Å². The molecule has 1 aliphatic carbocycles. The fraction of sp³-hybridized carbons (Fsp3) is 0.571. The minimum Gasteiger partial charge on any atom is -0.329 e. The molecule has 1 saturated heterocycles. The maximum Gasteiger partial charge on any atom is 0.0408 e. The number of aryl methyl sites for hydroxylation is 1.